The molecule has 2 N–H and O–H groups in total. The lowest BCUT2D eigenvalue weighted by atomic mass is 9.69. The van der Waals surface area contributed by atoms with E-state index in [1.54, 1.807) is 18.1 Å². The quantitative estimate of drug-likeness (QED) is 0.577. The maximum absolute atomic E-state index is 4.37. The minimum atomic E-state index is 0.157. The van der Waals surface area contributed by atoms with E-state index in [9.17, 15) is 0 Å². The summed E-state index contributed by atoms with van der Waals surface area (Å²) in [4.78, 5) is 8.62. The van der Waals surface area contributed by atoms with E-state index in [0.29, 0.717) is 6.54 Å². The van der Waals surface area contributed by atoms with Crippen molar-refractivity contribution in [3.05, 3.63) is 46.5 Å². The van der Waals surface area contributed by atoms with Crippen LogP contribution in [0.1, 0.15) is 43.5 Å². The molecule has 0 atom stereocenters. The summed E-state index contributed by atoms with van der Waals surface area (Å²) >= 11 is 3.63. The van der Waals surface area contributed by atoms with Gasteiger partial charge in [-0.1, -0.05) is 47.3 Å². The highest BCUT2D eigenvalue weighted by atomic mass is 79.9. The number of nitrogens with one attached hydrogen (secondary N) is 2. The second-order valence-corrected chi connectivity index (χ2v) is 7.85. The Hall–Kier alpha value is -1.89. The maximum Gasteiger partial charge on any atom is 0.191 e. The molecule has 6 nitrogen and oxygen atoms in total. The number of halogens is 1. The molecular weight excluding hydrogens is 392 g/mol. The van der Waals surface area contributed by atoms with Crippen molar-refractivity contribution in [3.8, 4) is 0 Å². The van der Waals surface area contributed by atoms with E-state index in [2.05, 4.69) is 65.9 Å². The number of aromatic nitrogens is 3. The van der Waals surface area contributed by atoms with Crippen LogP contribution in [0.4, 0.5) is 0 Å². The summed E-state index contributed by atoms with van der Waals surface area (Å²) in [5.74, 6) is 1.68. The fraction of sp³-hybridized carbons (Fsp3) is 0.526. The largest absolute Gasteiger partial charge is 0.356 e. The number of aryl methyl sites for hydroxylation is 1. The summed E-state index contributed by atoms with van der Waals surface area (Å²) in [6.07, 6.45) is 7.86. The molecule has 0 unspecified atom stereocenters. The van der Waals surface area contributed by atoms with Gasteiger partial charge in [-0.05, 0) is 30.5 Å². The molecule has 0 bridgehead atoms. The number of hydrogen-bond donors (Lipinski definition) is 2. The van der Waals surface area contributed by atoms with Gasteiger partial charge in [-0.3, -0.25) is 9.67 Å². The van der Waals surface area contributed by atoms with Crippen LogP contribution in [0.25, 0.3) is 0 Å². The van der Waals surface area contributed by atoms with Gasteiger partial charge in [0.2, 0.25) is 0 Å². The summed E-state index contributed by atoms with van der Waals surface area (Å²) in [6.45, 7) is 1.47. The van der Waals surface area contributed by atoms with Gasteiger partial charge in [-0.25, -0.2) is 4.98 Å². The standard InChI is InChI=1S/C19H27BrN6/c1-21-18(22-12-17-24-14-25-26(17)2)23-13-19(9-4-3-5-10-19)15-7-6-8-16(20)11-15/h6-8,11,14H,3-5,9-10,12-13H2,1-2H3,(H2,21,22,23). The van der Waals surface area contributed by atoms with Crippen molar-refractivity contribution < 1.29 is 0 Å². The molecule has 1 aliphatic carbocycles. The molecule has 0 radical (unpaired) electrons. The van der Waals surface area contributed by atoms with E-state index in [4.69, 9.17) is 0 Å². The second kappa shape index (κ2) is 8.66. The first-order chi connectivity index (χ1) is 12.6. The molecule has 1 saturated carbocycles. The Morgan fingerprint density at radius 3 is 2.73 bits per heavy atom. The Bertz CT molecular complexity index is 748. The molecule has 0 aliphatic heterocycles. The van der Waals surface area contributed by atoms with Gasteiger partial charge in [-0.2, -0.15) is 5.10 Å². The van der Waals surface area contributed by atoms with E-state index in [1.165, 1.54) is 37.7 Å². The summed E-state index contributed by atoms with van der Waals surface area (Å²) in [5, 5.41) is 11.0. The number of hydrogen-bond acceptors (Lipinski definition) is 3. The second-order valence-electron chi connectivity index (χ2n) is 6.93. The van der Waals surface area contributed by atoms with Gasteiger partial charge in [0.1, 0.15) is 12.2 Å². The van der Waals surface area contributed by atoms with E-state index in [-0.39, 0.29) is 5.41 Å². The van der Waals surface area contributed by atoms with Crippen LogP contribution >= 0.6 is 15.9 Å². The summed E-state index contributed by atoms with van der Waals surface area (Å²) in [6, 6.07) is 8.75. The first-order valence-electron chi connectivity index (χ1n) is 9.16. The molecule has 1 aromatic heterocycles. The van der Waals surface area contributed by atoms with Crippen LogP contribution in [0.15, 0.2) is 40.1 Å². The van der Waals surface area contributed by atoms with Crippen LogP contribution in [0, 0.1) is 0 Å². The minimum Gasteiger partial charge on any atom is -0.356 e. The van der Waals surface area contributed by atoms with Gasteiger partial charge in [0.15, 0.2) is 5.96 Å². The lowest BCUT2D eigenvalue weighted by molar-refractivity contribution is 0.291. The molecule has 0 spiro atoms. The van der Waals surface area contributed by atoms with E-state index in [1.807, 2.05) is 7.05 Å². The Labute approximate surface area is 163 Å². The molecule has 1 heterocycles. The third-order valence-electron chi connectivity index (χ3n) is 5.28. The maximum atomic E-state index is 4.37. The number of guanidine groups is 1. The van der Waals surface area contributed by atoms with Crippen LogP contribution in [-0.2, 0) is 19.0 Å². The van der Waals surface area contributed by atoms with E-state index < -0.39 is 0 Å². The van der Waals surface area contributed by atoms with Gasteiger partial charge in [0.05, 0.1) is 6.54 Å². The first-order valence-corrected chi connectivity index (χ1v) is 9.96. The van der Waals surface area contributed by atoms with Crippen molar-refractivity contribution in [1.82, 2.24) is 25.4 Å². The summed E-state index contributed by atoms with van der Waals surface area (Å²) in [5.41, 5.74) is 1.56. The average Bonchev–Trinajstić information content (AvgIpc) is 3.07. The smallest absolute Gasteiger partial charge is 0.191 e. The van der Waals surface area contributed by atoms with Crippen molar-refractivity contribution in [3.63, 3.8) is 0 Å². The molecular formula is C19H27BrN6. The van der Waals surface area contributed by atoms with Crippen molar-refractivity contribution in [2.75, 3.05) is 13.6 Å². The summed E-state index contributed by atoms with van der Waals surface area (Å²) < 4.78 is 2.91. The zero-order chi connectivity index (χ0) is 18.4. The van der Waals surface area contributed by atoms with Crippen LogP contribution in [0.2, 0.25) is 0 Å². The molecule has 0 amide bonds. The molecule has 0 saturated heterocycles. The molecule has 7 heteroatoms. The average molecular weight is 419 g/mol. The third-order valence-corrected chi connectivity index (χ3v) is 5.78. The van der Waals surface area contributed by atoms with Crippen molar-refractivity contribution >= 4 is 21.9 Å². The van der Waals surface area contributed by atoms with Gasteiger partial charge < -0.3 is 10.6 Å². The Morgan fingerprint density at radius 1 is 1.27 bits per heavy atom. The fourth-order valence-electron chi connectivity index (χ4n) is 3.73. The van der Waals surface area contributed by atoms with Crippen molar-refractivity contribution in [1.29, 1.82) is 0 Å². The topological polar surface area (TPSA) is 67.1 Å². The van der Waals surface area contributed by atoms with Crippen molar-refractivity contribution in [2.24, 2.45) is 12.0 Å². The minimum absolute atomic E-state index is 0.157. The van der Waals surface area contributed by atoms with Crippen molar-refractivity contribution in [2.45, 2.75) is 44.1 Å². The Balaban J connectivity index is 1.68. The molecule has 26 heavy (non-hydrogen) atoms. The van der Waals surface area contributed by atoms with Crippen LogP contribution in [0.5, 0.6) is 0 Å². The van der Waals surface area contributed by atoms with Gasteiger partial charge in [-0.15, -0.1) is 0 Å². The highest BCUT2D eigenvalue weighted by Gasteiger charge is 2.34. The van der Waals surface area contributed by atoms with Crippen LogP contribution in [-0.4, -0.2) is 34.3 Å². The SMILES string of the molecule is CN=C(NCc1ncnn1C)NCC1(c2cccc(Br)c2)CCCCC1. The molecule has 2 aromatic rings. The molecule has 1 aliphatic rings. The van der Waals surface area contributed by atoms with Gasteiger partial charge >= 0.3 is 0 Å². The van der Waals surface area contributed by atoms with Gasteiger partial charge in [0, 0.05) is 30.5 Å². The number of aliphatic imine (C=N–C) groups is 1. The van der Waals surface area contributed by atoms with E-state index in [0.717, 1.165) is 22.8 Å². The monoisotopic (exact) mass is 418 g/mol. The fourth-order valence-corrected chi connectivity index (χ4v) is 4.13. The third kappa shape index (κ3) is 4.44. The van der Waals surface area contributed by atoms with Crippen LogP contribution in [0.3, 0.4) is 0 Å². The predicted molar refractivity (Wildman–Crippen MR) is 108 cm³/mol. The normalized spacial score (nSPS) is 17.1. The number of nitrogens with zero attached hydrogens (tertiary/aromatic N) is 4. The number of benzene rings is 1. The number of rotatable bonds is 5. The predicted octanol–water partition coefficient (Wildman–Crippen LogP) is 3.14. The molecule has 140 valence electrons. The molecule has 3 rings (SSSR count). The Kier molecular flexibility index (Phi) is 6.29. The first kappa shape index (κ1) is 18.9. The zero-order valence-corrected chi connectivity index (χ0v) is 17.1. The highest BCUT2D eigenvalue weighted by Crippen LogP contribution is 2.39. The lowest BCUT2D eigenvalue weighted by Gasteiger charge is -2.38. The zero-order valence-electron chi connectivity index (χ0n) is 15.5. The lowest BCUT2D eigenvalue weighted by Crippen LogP contribution is -2.46. The Morgan fingerprint density at radius 2 is 2.08 bits per heavy atom. The highest BCUT2D eigenvalue weighted by molar-refractivity contribution is 9.10. The summed E-state index contributed by atoms with van der Waals surface area (Å²) in [7, 11) is 3.70. The molecule has 1 aromatic carbocycles. The van der Waals surface area contributed by atoms with E-state index >= 15 is 0 Å². The van der Waals surface area contributed by atoms with Gasteiger partial charge in [0.25, 0.3) is 0 Å². The van der Waals surface area contributed by atoms with Crippen LogP contribution < -0.4 is 10.6 Å². The molecule has 1 fully saturated rings.